The predicted molar refractivity (Wildman–Crippen MR) is 29.5 cm³/mol. The van der Waals surface area contributed by atoms with Crippen LogP contribution in [0.4, 0.5) is 0 Å². The molecule has 1 heteroatoms. The zero-order chi connectivity index (χ0) is 5.28. The standard InChI is InChI=1S/C6H9N/c1-5(7)4-6-2-3-6/h5-6H,4,7H2,1H3. The number of hydrogen-bond donors (Lipinski definition) is 1. The van der Waals surface area contributed by atoms with Gasteiger partial charge in [-0.15, -0.1) is 0 Å². The fourth-order valence-electron chi connectivity index (χ4n) is 0.549. The molecule has 1 atom stereocenters. The molecule has 0 bridgehead atoms. The Balaban J connectivity index is 2.00. The van der Waals surface area contributed by atoms with Crippen LogP contribution in [0.25, 0.3) is 0 Å². The summed E-state index contributed by atoms with van der Waals surface area (Å²) < 4.78 is 0. The largest absolute Gasteiger partial charge is 0.328 e. The van der Waals surface area contributed by atoms with Crippen molar-refractivity contribution in [1.82, 2.24) is 0 Å². The maximum absolute atomic E-state index is 5.45. The molecule has 1 aliphatic rings. The first kappa shape index (κ1) is 4.67. The highest BCUT2D eigenvalue weighted by Gasteiger charge is 2.10. The lowest BCUT2D eigenvalue weighted by Crippen LogP contribution is -2.15. The van der Waals surface area contributed by atoms with Gasteiger partial charge in [0, 0.05) is 6.04 Å². The summed E-state index contributed by atoms with van der Waals surface area (Å²) in [5.74, 6) is 6.37. The third-order valence-corrected chi connectivity index (χ3v) is 0.956. The van der Waals surface area contributed by atoms with Crippen LogP contribution < -0.4 is 5.73 Å². The maximum atomic E-state index is 5.45. The van der Waals surface area contributed by atoms with Crippen molar-refractivity contribution in [1.29, 1.82) is 0 Å². The van der Waals surface area contributed by atoms with Gasteiger partial charge < -0.3 is 5.73 Å². The summed E-state index contributed by atoms with van der Waals surface area (Å²) >= 11 is 0. The van der Waals surface area contributed by atoms with Gasteiger partial charge in [-0.1, -0.05) is 11.8 Å². The van der Waals surface area contributed by atoms with Crippen LogP contribution in [0.3, 0.4) is 0 Å². The maximum Gasteiger partial charge on any atom is 0.0827 e. The minimum absolute atomic E-state index is 0.312. The highest BCUT2D eigenvalue weighted by Crippen LogP contribution is 2.10. The van der Waals surface area contributed by atoms with Crippen molar-refractivity contribution in [2.45, 2.75) is 19.4 Å². The molecule has 0 fully saturated rings. The van der Waals surface area contributed by atoms with E-state index >= 15 is 0 Å². The summed E-state index contributed by atoms with van der Waals surface area (Å²) in [6.45, 7) is 2.00. The van der Waals surface area contributed by atoms with E-state index in [0.29, 0.717) is 12.0 Å². The van der Waals surface area contributed by atoms with Crippen LogP contribution in [0.2, 0.25) is 0 Å². The Kier molecular flexibility index (Phi) is 1.04. The number of nitrogens with two attached hydrogens (primary N) is 1. The SMILES string of the molecule is CC(N)CC1C#C1. The molecule has 0 amide bonds. The van der Waals surface area contributed by atoms with Gasteiger partial charge >= 0.3 is 0 Å². The van der Waals surface area contributed by atoms with Crippen LogP contribution in [-0.4, -0.2) is 6.04 Å². The van der Waals surface area contributed by atoms with Gasteiger partial charge in [0.05, 0.1) is 5.92 Å². The molecule has 1 unspecified atom stereocenters. The Morgan fingerprint density at radius 3 is 2.43 bits per heavy atom. The van der Waals surface area contributed by atoms with Crippen molar-refractivity contribution in [2.24, 2.45) is 11.7 Å². The van der Waals surface area contributed by atoms with Crippen LogP contribution in [-0.2, 0) is 0 Å². The van der Waals surface area contributed by atoms with E-state index in [-0.39, 0.29) is 0 Å². The van der Waals surface area contributed by atoms with Crippen molar-refractivity contribution >= 4 is 0 Å². The third-order valence-electron chi connectivity index (χ3n) is 0.956. The first-order valence-corrected chi connectivity index (χ1v) is 2.55. The average Bonchev–Trinajstić information content (AvgIpc) is 2.17. The lowest BCUT2D eigenvalue weighted by molar-refractivity contribution is 0.644. The second-order valence-corrected chi connectivity index (χ2v) is 2.05. The van der Waals surface area contributed by atoms with Crippen LogP contribution in [0, 0.1) is 17.8 Å². The summed E-state index contributed by atoms with van der Waals surface area (Å²) in [4.78, 5) is 0. The van der Waals surface area contributed by atoms with E-state index in [1.807, 2.05) is 6.92 Å². The first-order valence-electron chi connectivity index (χ1n) is 2.55. The van der Waals surface area contributed by atoms with Gasteiger partial charge in [-0.05, 0) is 13.3 Å². The summed E-state index contributed by atoms with van der Waals surface area (Å²) in [6, 6.07) is 0.312. The van der Waals surface area contributed by atoms with Crippen molar-refractivity contribution in [3.8, 4) is 11.8 Å². The van der Waals surface area contributed by atoms with E-state index in [0.717, 1.165) is 6.42 Å². The van der Waals surface area contributed by atoms with Crippen LogP contribution in [0.1, 0.15) is 13.3 Å². The lowest BCUT2D eigenvalue weighted by atomic mass is 10.1. The van der Waals surface area contributed by atoms with E-state index in [4.69, 9.17) is 5.73 Å². The highest BCUT2D eigenvalue weighted by molar-refractivity contribution is 5.29. The van der Waals surface area contributed by atoms with Crippen LogP contribution >= 0.6 is 0 Å². The fourth-order valence-corrected chi connectivity index (χ4v) is 0.549. The smallest absolute Gasteiger partial charge is 0.0827 e. The third kappa shape index (κ3) is 1.61. The van der Waals surface area contributed by atoms with Gasteiger partial charge in [0.1, 0.15) is 0 Å². The minimum atomic E-state index is 0.312. The Hall–Kier alpha value is -0.480. The van der Waals surface area contributed by atoms with Crippen molar-refractivity contribution < 1.29 is 0 Å². The molecule has 7 heavy (non-hydrogen) atoms. The molecule has 38 valence electrons. The second kappa shape index (κ2) is 1.55. The predicted octanol–water partition coefficient (Wildman–Crippen LogP) is 0.357. The monoisotopic (exact) mass is 95.1 g/mol. The van der Waals surface area contributed by atoms with E-state index < -0.39 is 0 Å². The summed E-state index contributed by atoms with van der Waals surface area (Å²) in [7, 11) is 0. The van der Waals surface area contributed by atoms with Gasteiger partial charge in [0.25, 0.3) is 0 Å². The molecule has 0 aromatic rings. The summed E-state index contributed by atoms with van der Waals surface area (Å²) in [5.41, 5.74) is 5.45. The fraction of sp³-hybridized carbons (Fsp3) is 0.667. The van der Waals surface area contributed by atoms with Gasteiger partial charge in [0.2, 0.25) is 0 Å². The van der Waals surface area contributed by atoms with Crippen molar-refractivity contribution in [3.63, 3.8) is 0 Å². The van der Waals surface area contributed by atoms with E-state index in [1.165, 1.54) is 0 Å². The first-order chi connectivity index (χ1) is 3.29. The molecule has 2 N–H and O–H groups in total. The average molecular weight is 95.1 g/mol. The molecule has 0 aromatic carbocycles. The summed E-state index contributed by atoms with van der Waals surface area (Å²) in [6.07, 6.45) is 1.03. The number of hydrogen-bond acceptors (Lipinski definition) is 1. The molecule has 0 aliphatic heterocycles. The highest BCUT2D eigenvalue weighted by atomic mass is 14.6. The van der Waals surface area contributed by atoms with Crippen LogP contribution in [0.15, 0.2) is 0 Å². The molecular formula is C6H9N. The Morgan fingerprint density at radius 2 is 2.29 bits per heavy atom. The quantitative estimate of drug-likeness (QED) is 0.492. The normalized spacial score (nSPS) is 20.3. The topological polar surface area (TPSA) is 26.0 Å². The minimum Gasteiger partial charge on any atom is -0.328 e. The molecule has 1 nitrogen and oxygen atoms in total. The lowest BCUT2D eigenvalue weighted by Gasteiger charge is -1.98. The van der Waals surface area contributed by atoms with E-state index in [1.54, 1.807) is 0 Å². The molecule has 1 rings (SSSR count). The molecular weight excluding hydrogens is 86.1 g/mol. The molecule has 0 radical (unpaired) electrons. The van der Waals surface area contributed by atoms with Crippen molar-refractivity contribution in [2.75, 3.05) is 0 Å². The molecule has 0 spiro atoms. The summed E-state index contributed by atoms with van der Waals surface area (Å²) in [5, 5.41) is 0. The zero-order valence-electron chi connectivity index (χ0n) is 4.44. The van der Waals surface area contributed by atoms with Gasteiger partial charge in [0.15, 0.2) is 0 Å². The molecule has 0 heterocycles. The Bertz CT molecular complexity index is 108. The Labute approximate surface area is 43.9 Å². The van der Waals surface area contributed by atoms with Crippen LogP contribution in [0.5, 0.6) is 0 Å². The van der Waals surface area contributed by atoms with Gasteiger partial charge in [-0.3, -0.25) is 0 Å². The molecule has 1 aliphatic carbocycles. The van der Waals surface area contributed by atoms with Crippen molar-refractivity contribution in [3.05, 3.63) is 0 Å². The molecule has 0 saturated heterocycles. The Morgan fingerprint density at radius 1 is 1.71 bits per heavy atom. The van der Waals surface area contributed by atoms with E-state index in [2.05, 4.69) is 11.8 Å². The van der Waals surface area contributed by atoms with Gasteiger partial charge in [-0.25, -0.2) is 0 Å². The number of rotatable bonds is 2. The second-order valence-electron chi connectivity index (χ2n) is 2.05. The molecule has 0 aromatic heterocycles. The van der Waals surface area contributed by atoms with E-state index in [9.17, 15) is 0 Å². The molecule has 0 saturated carbocycles. The van der Waals surface area contributed by atoms with Gasteiger partial charge in [-0.2, -0.15) is 0 Å². The zero-order valence-corrected chi connectivity index (χ0v) is 4.44.